The zero-order valence-corrected chi connectivity index (χ0v) is 18.7. The van der Waals surface area contributed by atoms with Gasteiger partial charge in [-0.2, -0.15) is 0 Å². The first-order valence-electron chi connectivity index (χ1n) is 10.3. The summed E-state index contributed by atoms with van der Waals surface area (Å²) in [6, 6.07) is 16.7. The number of carbonyl (C=O) groups excluding carboxylic acids is 2. The number of benzene rings is 3. The number of amides is 2. The number of ether oxygens (including phenoxy) is 3. The maximum atomic E-state index is 12.4. The number of carbonyl (C=O) groups is 2. The highest BCUT2D eigenvalue weighted by Gasteiger charge is 2.17. The molecule has 0 fully saturated rings. The first-order valence-corrected chi connectivity index (χ1v) is 10.3. The van der Waals surface area contributed by atoms with E-state index in [2.05, 4.69) is 10.6 Å². The molecule has 0 bridgehead atoms. The summed E-state index contributed by atoms with van der Waals surface area (Å²) in [4.78, 5) is 24.8. The molecule has 0 saturated carbocycles. The van der Waals surface area contributed by atoms with Crippen molar-refractivity contribution in [3.05, 3.63) is 65.7 Å². The summed E-state index contributed by atoms with van der Waals surface area (Å²) in [5.41, 5.74) is 1.38. The molecule has 1 unspecified atom stereocenters. The van der Waals surface area contributed by atoms with Crippen LogP contribution in [-0.2, 0) is 4.79 Å². The van der Waals surface area contributed by atoms with Crippen LogP contribution in [0.3, 0.4) is 0 Å². The van der Waals surface area contributed by atoms with Gasteiger partial charge in [0.2, 0.25) is 11.7 Å². The van der Waals surface area contributed by atoms with E-state index in [-0.39, 0.29) is 30.8 Å². The van der Waals surface area contributed by atoms with Crippen LogP contribution in [0.4, 0.5) is 0 Å². The zero-order chi connectivity index (χ0) is 23.1. The van der Waals surface area contributed by atoms with Crippen molar-refractivity contribution in [3.8, 4) is 17.2 Å². The van der Waals surface area contributed by atoms with Crippen molar-refractivity contribution < 1.29 is 23.8 Å². The molecule has 3 aromatic rings. The smallest absolute Gasteiger partial charge is 0.251 e. The fraction of sp³-hybridized carbons (Fsp3) is 0.280. The molecule has 2 amide bonds. The second-order valence-electron chi connectivity index (χ2n) is 7.32. The SMILES string of the molecule is COc1cc(C(C)NC(=O)CCNC(=O)c2ccc3ccccc3c2)cc(OC)c1OC. The van der Waals surface area contributed by atoms with Crippen LogP contribution in [0.15, 0.2) is 54.6 Å². The van der Waals surface area contributed by atoms with Gasteiger partial charge < -0.3 is 24.8 Å². The molecule has 168 valence electrons. The van der Waals surface area contributed by atoms with Gasteiger partial charge in [-0.15, -0.1) is 0 Å². The topological polar surface area (TPSA) is 85.9 Å². The molecule has 0 saturated heterocycles. The summed E-state index contributed by atoms with van der Waals surface area (Å²) < 4.78 is 16.1. The maximum Gasteiger partial charge on any atom is 0.251 e. The molecule has 0 aliphatic heterocycles. The van der Waals surface area contributed by atoms with Crippen LogP contribution in [0.1, 0.15) is 35.3 Å². The molecule has 0 heterocycles. The van der Waals surface area contributed by atoms with E-state index >= 15 is 0 Å². The van der Waals surface area contributed by atoms with Gasteiger partial charge in [0.15, 0.2) is 11.5 Å². The lowest BCUT2D eigenvalue weighted by atomic mass is 10.1. The molecular weight excluding hydrogens is 408 g/mol. The minimum absolute atomic E-state index is 0.161. The number of hydrogen-bond acceptors (Lipinski definition) is 5. The van der Waals surface area contributed by atoms with E-state index in [9.17, 15) is 9.59 Å². The van der Waals surface area contributed by atoms with Crippen molar-refractivity contribution in [1.29, 1.82) is 0 Å². The summed E-state index contributed by atoms with van der Waals surface area (Å²) in [5.74, 6) is 1.15. The van der Waals surface area contributed by atoms with Crippen molar-refractivity contribution in [3.63, 3.8) is 0 Å². The highest BCUT2D eigenvalue weighted by atomic mass is 16.5. The third kappa shape index (κ3) is 5.29. The van der Waals surface area contributed by atoms with Crippen molar-refractivity contribution in [2.75, 3.05) is 27.9 Å². The lowest BCUT2D eigenvalue weighted by molar-refractivity contribution is -0.121. The van der Waals surface area contributed by atoms with Crippen molar-refractivity contribution in [2.24, 2.45) is 0 Å². The molecule has 1 atom stereocenters. The molecule has 0 aliphatic rings. The lowest BCUT2D eigenvalue weighted by Gasteiger charge is -2.19. The van der Waals surface area contributed by atoms with Crippen LogP contribution in [0.2, 0.25) is 0 Å². The molecule has 2 N–H and O–H groups in total. The van der Waals surface area contributed by atoms with Crippen molar-refractivity contribution in [1.82, 2.24) is 10.6 Å². The number of nitrogens with one attached hydrogen (secondary N) is 2. The summed E-state index contributed by atoms with van der Waals surface area (Å²) in [7, 11) is 4.63. The third-order valence-corrected chi connectivity index (χ3v) is 5.21. The Morgan fingerprint density at radius 3 is 2.16 bits per heavy atom. The van der Waals surface area contributed by atoms with E-state index in [0.29, 0.717) is 22.8 Å². The minimum Gasteiger partial charge on any atom is -0.493 e. The molecule has 3 rings (SSSR count). The van der Waals surface area contributed by atoms with E-state index in [4.69, 9.17) is 14.2 Å². The van der Waals surface area contributed by atoms with Crippen LogP contribution in [0, 0.1) is 0 Å². The van der Waals surface area contributed by atoms with Crippen LogP contribution in [0.5, 0.6) is 17.2 Å². The van der Waals surface area contributed by atoms with Crippen LogP contribution < -0.4 is 24.8 Å². The number of fused-ring (bicyclic) bond motifs is 1. The number of methoxy groups -OCH3 is 3. The summed E-state index contributed by atoms with van der Waals surface area (Å²) in [6.07, 6.45) is 0.161. The molecule has 0 spiro atoms. The predicted molar refractivity (Wildman–Crippen MR) is 124 cm³/mol. The summed E-state index contributed by atoms with van der Waals surface area (Å²) in [6.45, 7) is 2.10. The first-order chi connectivity index (χ1) is 15.5. The number of rotatable bonds is 9. The van der Waals surface area contributed by atoms with Gasteiger partial charge in [0, 0.05) is 18.5 Å². The second kappa shape index (κ2) is 10.5. The van der Waals surface area contributed by atoms with E-state index in [1.807, 2.05) is 43.3 Å². The summed E-state index contributed by atoms with van der Waals surface area (Å²) >= 11 is 0. The monoisotopic (exact) mass is 436 g/mol. The largest absolute Gasteiger partial charge is 0.493 e. The number of hydrogen-bond donors (Lipinski definition) is 2. The molecule has 0 aromatic heterocycles. The maximum absolute atomic E-state index is 12.4. The Balaban J connectivity index is 1.55. The Morgan fingerprint density at radius 2 is 1.53 bits per heavy atom. The molecule has 7 heteroatoms. The van der Waals surface area contributed by atoms with Crippen LogP contribution >= 0.6 is 0 Å². The Morgan fingerprint density at radius 1 is 0.875 bits per heavy atom. The Kier molecular flexibility index (Phi) is 7.54. The fourth-order valence-electron chi connectivity index (χ4n) is 3.47. The van der Waals surface area contributed by atoms with Gasteiger partial charge in [0.1, 0.15) is 0 Å². The summed E-state index contributed by atoms with van der Waals surface area (Å²) in [5, 5.41) is 7.81. The van der Waals surface area contributed by atoms with Gasteiger partial charge in [-0.25, -0.2) is 0 Å². The third-order valence-electron chi connectivity index (χ3n) is 5.21. The normalized spacial score (nSPS) is 11.5. The highest BCUT2D eigenvalue weighted by Crippen LogP contribution is 2.39. The van der Waals surface area contributed by atoms with Gasteiger partial charge >= 0.3 is 0 Å². The fourth-order valence-corrected chi connectivity index (χ4v) is 3.47. The van der Waals surface area contributed by atoms with E-state index < -0.39 is 0 Å². The molecule has 7 nitrogen and oxygen atoms in total. The Bertz CT molecular complexity index is 1090. The van der Waals surface area contributed by atoms with E-state index in [0.717, 1.165) is 16.3 Å². The minimum atomic E-state index is -0.285. The first kappa shape index (κ1) is 22.9. The Labute approximate surface area is 187 Å². The van der Waals surface area contributed by atoms with Crippen LogP contribution in [0.25, 0.3) is 10.8 Å². The quantitative estimate of drug-likeness (QED) is 0.532. The van der Waals surface area contributed by atoms with Gasteiger partial charge in [-0.05, 0) is 47.5 Å². The van der Waals surface area contributed by atoms with E-state index in [1.54, 1.807) is 32.4 Å². The lowest BCUT2D eigenvalue weighted by Crippen LogP contribution is -2.32. The average molecular weight is 437 g/mol. The van der Waals surface area contributed by atoms with Gasteiger partial charge in [0.05, 0.1) is 27.4 Å². The van der Waals surface area contributed by atoms with Crippen molar-refractivity contribution in [2.45, 2.75) is 19.4 Å². The van der Waals surface area contributed by atoms with Gasteiger partial charge in [-0.3, -0.25) is 9.59 Å². The average Bonchev–Trinajstić information content (AvgIpc) is 2.82. The van der Waals surface area contributed by atoms with Crippen LogP contribution in [-0.4, -0.2) is 39.7 Å². The predicted octanol–water partition coefficient (Wildman–Crippen LogP) is 3.86. The second-order valence-corrected chi connectivity index (χ2v) is 7.32. The van der Waals surface area contributed by atoms with Crippen molar-refractivity contribution >= 4 is 22.6 Å². The molecule has 0 aliphatic carbocycles. The standard InChI is InChI=1S/C25H28N2O5/c1-16(20-14-21(30-2)24(32-4)22(15-20)31-3)27-23(28)11-12-26-25(29)19-10-9-17-7-5-6-8-18(17)13-19/h5-10,13-16H,11-12H2,1-4H3,(H,26,29)(H,27,28). The molecule has 32 heavy (non-hydrogen) atoms. The Hall–Kier alpha value is -3.74. The molecule has 3 aromatic carbocycles. The van der Waals surface area contributed by atoms with Gasteiger partial charge in [0.25, 0.3) is 5.91 Å². The highest BCUT2D eigenvalue weighted by molar-refractivity contribution is 5.98. The molecular formula is C25H28N2O5. The van der Waals surface area contributed by atoms with Gasteiger partial charge in [-0.1, -0.05) is 30.3 Å². The zero-order valence-electron chi connectivity index (χ0n) is 18.7. The molecule has 0 radical (unpaired) electrons. The van der Waals surface area contributed by atoms with E-state index in [1.165, 1.54) is 7.11 Å².